The van der Waals surface area contributed by atoms with E-state index in [0.717, 1.165) is 61.0 Å². The molecule has 0 aliphatic carbocycles. The molecule has 0 bridgehead atoms. The normalized spacial score (nSPS) is 21.2. The highest BCUT2D eigenvalue weighted by atomic mass is 79.9. The smallest absolute Gasteiger partial charge is 0.407 e. The minimum atomic E-state index is -0.523. The van der Waals surface area contributed by atoms with E-state index in [1.807, 2.05) is 38.5 Å². The molecule has 0 radical (unpaired) electrons. The van der Waals surface area contributed by atoms with Crippen LogP contribution in [0, 0.1) is 5.41 Å². The summed E-state index contributed by atoms with van der Waals surface area (Å²) in [5.41, 5.74) is -0.492. The van der Waals surface area contributed by atoms with Gasteiger partial charge in [0.15, 0.2) is 5.13 Å². The van der Waals surface area contributed by atoms with Crippen LogP contribution in [0.2, 0.25) is 0 Å². The molecule has 1 atom stereocenters. The molecular formula is C21H29BrN6O2S. The summed E-state index contributed by atoms with van der Waals surface area (Å²) < 4.78 is 6.32. The topological polar surface area (TPSA) is 83.5 Å². The number of amides is 1. The van der Waals surface area contributed by atoms with Gasteiger partial charge in [-0.25, -0.2) is 19.7 Å². The van der Waals surface area contributed by atoms with E-state index in [1.54, 1.807) is 17.5 Å². The highest BCUT2D eigenvalue weighted by molar-refractivity contribution is 9.10. The first-order valence-electron chi connectivity index (χ1n) is 10.6. The van der Waals surface area contributed by atoms with Gasteiger partial charge in [-0.1, -0.05) is 0 Å². The summed E-state index contributed by atoms with van der Waals surface area (Å²) in [6, 6.07) is -0.00171. The second-order valence-electron chi connectivity index (χ2n) is 9.26. The summed E-state index contributed by atoms with van der Waals surface area (Å²) in [7, 11) is 0. The van der Waals surface area contributed by atoms with Crippen molar-refractivity contribution in [2.45, 2.75) is 51.7 Å². The van der Waals surface area contributed by atoms with Crippen molar-refractivity contribution in [3.63, 3.8) is 0 Å². The van der Waals surface area contributed by atoms with Gasteiger partial charge < -0.3 is 19.9 Å². The van der Waals surface area contributed by atoms with Crippen LogP contribution < -0.4 is 15.1 Å². The maximum absolute atomic E-state index is 12.7. The van der Waals surface area contributed by atoms with Crippen LogP contribution in [0.4, 0.5) is 15.7 Å². The number of piperidine rings is 2. The van der Waals surface area contributed by atoms with Crippen LogP contribution in [0.3, 0.4) is 0 Å². The molecule has 1 unspecified atom stereocenters. The van der Waals surface area contributed by atoms with Crippen molar-refractivity contribution in [2.75, 3.05) is 36.0 Å². The molecular weight excluding hydrogens is 480 g/mol. The quantitative estimate of drug-likeness (QED) is 0.668. The zero-order valence-corrected chi connectivity index (χ0v) is 20.6. The Bertz CT molecular complexity index is 878. The van der Waals surface area contributed by atoms with E-state index in [2.05, 4.69) is 46.0 Å². The number of nitrogens with zero attached hydrogens (tertiary/aromatic N) is 5. The van der Waals surface area contributed by atoms with Crippen LogP contribution >= 0.6 is 27.3 Å². The summed E-state index contributed by atoms with van der Waals surface area (Å²) in [5.74, 6) is 0.898. The average Bonchev–Trinajstić information content (AvgIpc) is 3.24. The number of hydrogen-bond acceptors (Lipinski definition) is 8. The molecule has 168 valence electrons. The SMILES string of the molecule is CC(C)(C)OC(=O)NC1CN(c2nccs2)CCC12CCN(c1cnc(Br)cn1)CC2. The molecule has 31 heavy (non-hydrogen) atoms. The lowest BCUT2D eigenvalue weighted by molar-refractivity contribution is 0.0379. The lowest BCUT2D eigenvalue weighted by Gasteiger charge is -2.51. The summed E-state index contributed by atoms with van der Waals surface area (Å²) in [5, 5.41) is 6.21. The molecule has 2 aromatic rings. The number of ether oxygens (including phenoxy) is 1. The van der Waals surface area contributed by atoms with Gasteiger partial charge in [-0.05, 0) is 61.4 Å². The lowest BCUT2D eigenvalue weighted by atomic mass is 9.68. The number of carbonyl (C=O) groups excluding carboxylic acids is 1. The number of thiazole rings is 1. The third-order valence-corrected chi connectivity index (χ3v) is 7.33. The summed E-state index contributed by atoms with van der Waals surface area (Å²) in [4.78, 5) is 30.5. The largest absolute Gasteiger partial charge is 0.444 e. The fourth-order valence-electron chi connectivity index (χ4n) is 4.48. The molecule has 8 nitrogen and oxygen atoms in total. The number of carbonyl (C=O) groups is 1. The highest BCUT2D eigenvalue weighted by Crippen LogP contribution is 2.43. The molecule has 0 saturated carbocycles. The van der Waals surface area contributed by atoms with Gasteiger partial charge in [0.25, 0.3) is 0 Å². The molecule has 4 rings (SSSR count). The van der Waals surface area contributed by atoms with Crippen molar-refractivity contribution in [3.05, 3.63) is 28.6 Å². The third-order valence-electron chi connectivity index (χ3n) is 6.09. The minimum absolute atomic E-state index is 0.00171. The first kappa shape index (κ1) is 22.3. The summed E-state index contributed by atoms with van der Waals surface area (Å²) >= 11 is 4.98. The Morgan fingerprint density at radius 3 is 2.45 bits per heavy atom. The van der Waals surface area contributed by atoms with Crippen LogP contribution in [0.25, 0.3) is 0 Å². The van der Waals surface area contributed by atoms with E-state index in [1.165, 1.54) is 0 Å². The second-order valence-corrected chi connectivity index (χ2v) is 10.9. The number of halogens is 1. The number of rotatable bonds is 3. The van der Waals surface area contributed by atoms with Crippen molar-refractivity contribution >= 4 is 44.3 Å². The van der Waals surface area contributed by atoms with Gasteiger partial charge in [0.2, 0.25) is 0 Å². The molecule has 1 spiro atoms. The van der Waals surface area contributed by atoms with Crippen LogP contribution in [0.5, 0.6) is 0 Å². The van der Waals surface area contributed by atoms with Crippen molar-refractivity contribution < 1.29 is 9.53 Å². The van der Waals surface area contributed by atoms with Crippen LogP contribution in [-0.4, -0.2) is 58.9 Å². The predicted molar refractivity (Wildman–Crippen MR) is 126 cm³/mol. The molecule has 4 heterocycles. The Kier molecular flexibility index (Phi) is 6.39. The Morgan fingerprint density at radius 2 is 1.87 bits per heavy atom. The zero-order valence-electron chi connectivity index (χ0n) is 18.2. The van der Waals surface area contributed by atoms with E-state index in [0.29, 0.717) is 0 Å². The lowest BCUT2D eigenvalue weighted by Crippen LogP contribution is -2.62. The first-order valence-corrected chi connectivity index (χ1v) is 12.3. The Morgan fingerprint density at radius 1 is 1.16 bits per heavy atom. The van der Waals surface area contributed by atoms with Gasteiger partial charge in [0.05, 0.1) is 18.4 Å². The standard InChI is InChI=1S/C21H29BrN6O2S/c1-20(2,3)30-19(29)26-15-14-28(18-23-7-11-31-18)10-6-21(15)4-8-27(9-5-21)17-13-24-16(22)12-25-17/h7,11-13,15H,4-6,8-10,14H2,1-3H3,(H,26,29). The van der Waals surface area contributed by atoms with Crippen molar-refractivity contribution in [2.24, 2.45) is 5.41 Å². The molecule has 0 aromatic carbocycles. The van der Waals surface area contributed by atoms with E-state index in [-0.39, 0.29) is 17.6 Å². The predicted octanol–water partition coefficient (Wildman–Crippen LogP) is 4.09. The number of nitrogens with one attached hydrogen (secondary N) is 1. The Hall–Kier alpha value is -1.94. The molecule has 2 aliphatic rings. The first-order chi connectivity index (χ1) is 14.7. The zero-order chi connectivity index (χ0) is 22.1. The Labute approximate surface area is 195 Å². The van der Waals surface area contributed by atoms with Crippen molar-refractivity contribution in [1.29, 1.82) is 0 Å². The molecule has 2 saturated heterocycles. The van der Waals surface area contributed by atoms with Gasteiger partial charge >= 0.3 is 6.09 Å². The maximum Gasteiger partial charge on any atom is 0.407 e. The number of anilines is 2. The van der Waals surface area contributed by atoms with Crippen LogP contribution in [0.15, 0.2) is 28.6 Å². The van der Waals surface area contributed by atoms with E-state index in [9.17, 15) is 4.79 Å². The minimum Gasteiger partial charge on any atom is -0.444 e. The molecule has 1 amide bonds. The highest BCUT2D eigenvalue weighted by Gasteiger charge is 2.46. The third kappa shape index (κ3) is 5.28. The number of hydrogen-bond donors (Lipinski definition) is 1. The van der Waals surface area contributed by atoms with Gasteiger partial charge in [0, 0.05) is 37.8 Å². The van der Waals surface area contributed by atoms with Crippen LogP contribution in [0.1, 0.15) is 40.0 Å². The van der Waals surface area contributed by atoms with E-state index >= 15 is 0 Å². The van der Waals surface area contributed by atoms with Gasteiger partial charge in [-0.2, -0.15) is 0 Å². The van der Waals surface area contributed by atoms with Gasteiger partial charge in [-0.3, -0.25) is 0 Å². The summed E-state index contributed by atoms with van der Waals surface area (Å²) in [6.07, 6.45) is 8.00. The van der Waals surface area contributed by atoms with Gasteiger partial charge in [-0.15, -0.1) is 11.3 Å². The van der Waals surface area contributed by atoms with Gasteiger partial charge in [0.1, 0.15) is 16.0 Å². The fraction of sp³-hybridized carbons (Fsp3) is 0.619. The number of alkyl carbamates (subject to hydrolysis) is 1. The number of aromatic nitrogens is 3. The monoisotopic (exact) mass is 508 g/mol. The molecule has 1 N–H and O–H groups in total. The second kappa shape index (κ2) is 8.90. The molecule has 2 fully saturated rings. The van der Waals surface area contributed by atoms with E-state index < -0.39 is 5.60 Å². The van der Waals surface area contributed by atoms with Crippen LogP contribution in [-0.2, 0) is 4.74 Å². The van der Waals surface area contributed by atoms with Crippen molar-refractivity contribution in [3.8, 4) is 0 Å². The maximum atomic E-state index is 12.7. The summed E-state index contributed by atoms with van der Waals surface area (Å²) in [6.45, 7) is 9.14. The fourth-order valence-corrected chi connectivity index (χ4v) is 5.36. The van der Waals surface area contributed by atoms with E-state index in [4.69, 9.17) is 4.74 Å². The molecule has 2 aromatic heterocycles. The molecule has 2 aliphatic heterocycles. The Balaban J connectivity index is 1.49. The average molecular weight is 509 g/mol. The van der Waals surface area contributed by atoms with Crippen molar-refractivity contribution in [1.82, 2.24) is 20.3 Å². The molecule has 10 heteroatoms.